The van der Waals surface area contributed by atoms with E-state index in [4.69, 9.17) is 0 Å². The fraction of sp³-hybridized carbons (Fsp3) is 0.889. The summed E-state index contributed by atoms with van der Waals surface area (Å²) in [4.78, 5) is 16.3. The number of aliphatic hydroxyl groups is 1. The van der Waals surface area contributed by atoms with E-state index in [1.165, 1.54) is 0 Å². The minimum Gasteiger partial charge on any atom is -0.388 e. The normalized spacial score (nSPS) is 12.9. The molecule has 0 saturated carbocycles. The Bertz CT molecular complexity index is 383. The van der Waals surface area contributed by atoms with Crippen molar-refractivity contribution in [1.29, 1.82) is 0 Å². The molecule has 24 heavy (non-hydrogen) atoms. The number of guanidine groups is 1. The van der Waals surface area contributed by atoms with Crippen LogP contribution in [0.2, 0.25) is 0 Å². The largest absolute Gasteiger partial charge is 0.388 e. The number of nitrogens with one attached hydrogen (secondary N) is 3. The quantitative estimate of drug-likeness (QED) is 0.278. The van der Waals surface area contributed by atoms with Gasteiger partial charge in [0.2, 0.25) is 5.91 Å². The van der Waals surface area contributed by atoms with Crippen LogP contribution in [0.3, 0.4) is 0 Å². The second kappa shape index (κ2) is 11.3. The van der Waals surface area contributed by atoms with Gasteiger partial charge in [-0.1, -0.05) is 47.5 Å². The molecule has 0 fully saturated rings. The van der Waals surface area contributed by atoms with Crippen LogP contribution in [0.4, 0.5) is 0 Å². The van der Waals surface area contributed by atoms with Crippen molar-refractivity contribution in [3.8, 4) is 0 Å². The van der Waals surface area contributed by atoms with Gasteiger partial charge in [0.05, 0.1) is 12.1 Å². The number of hydrogen-bond acceptors (Lipinski definition) is 3. The highest BCUT2D eigenvalue weighted by Crippen LogP contribution is 2.19. The molecule has 0 aromatic rings. The first-order valence-electron chi connectivity index (χ1n) is 9.21. The van der Waals surface area contributed by atoms with Gasteiger partial charge in [0.25, 0.3) is 0 Å². The minimum absolute atomic E-state index is 0.0338. The fourth-order valence-corrected chi connectivity index (χ4v) is 2.40. The maximum Gasteiger partial charge on any atom is 0.225 e. The predicted octanol–water partition coefficient (Wildman–Crippen LogP) is 2.04. The van der Waals surface area contributed by atoms with Gasteiger partial charge in [-0.3, -0.25) is 9.79 Å². The van der Waals surface area contributed by atoms with E-state index >= 15 is 0 Å². The molecule has 0 saturated heterocycles. The van der Waals surface area contributed by atoms with Gasteiger partial charge in [0.1, 0.15) is 0 Å². The van der Waals surface area contributed by atoms with E-state index < -0.39 is 5.60 Å². The van der Waals surface area contributed by atoms with Crippen molar-refractivity contribution in [2.75, 3.05) is 26.2 Å². The number of amides is 1. The standard InChI is InChI=1S/C18H38N4O2/c1-7-10-18(24,11-8-2)14-22-16(19-9-3)21-13-12-20-15(23)17(4,5)6/h24H,7-14H2,1-6H3,(H,20,23)(H2,19,21,22). The third-order valence-corrected chi connectivity index (χ3v) is 3.69. The second-order valence-electron chi connectivity index (χ2n) is 7.35. The summed E-state index contributed by atoms with van der Waals surface area (Å²) in [6.07, 6.45) is 3.39. The van der Waals surface area contributed by atoms with E-state index in [0.717, 1.165) is 32.2 Å². The summed E-state index contributed by atoms with van der Waals surface area (Å²) in [5.74, 6) is 0.708. The van der Waals surface area contributed by atoms with Crippen LogP contribution in [0, 0.1) is 5.41 Å². The topological polar surface area (TPSA) is 85.8 Å². The molecule has 0 aromatic heterocycles. The zero-order chi connectivity index (χ0) is 18.6. The van der Waals surface area contributed by atoms with E-state index in [2.05, 4.69) is 34.8 Å². The number of aliphatic imine (C=N–C) groups is 1. The molecule has 0 aliphatic heterocycles. The highest BCUT2D eigenvalue weighted by molar-refractivity contribution is 5.81. The Hall–Kier alpha value is -1.30. The van der Waals surface area contributed by atoms with Gasteiger partial charge in [-0.25, -0.2) is 0 Å². The van der Waals surface area contributed by atoms with Gasteiger partial charge < -0.3 is 21.1 Å². The number of hydrogen-bond donors (Lipinski definition) is 4. The summed E-state index contributed by atoms with van der Waals surface area (Å²) in [7, 11) is 0. The molecule has 0 spiro atoms. The van der Waals surface area contributed by atoms with Crippen LogP contribution >= 0.6 is 0 Å². The van der Waals surface area contributed by atoms with Gasteiger partial charge in [-0.15, -0.1) is 0 Å². The highest BCUT2D eigenvalue weighted by Gasteiger charge is 2.24. The predicted molar refractivity (Wildman–Crippen MR) is 101 cm³/mol. The molecule has 0 atom stereocenters. The first-order valence-corrected chi connectivity index (χ1v) is 9.21. The Morgan fingerprint density at radius 2 is 1.50 bits per heavy atom. The molecule has 0 aliphatic rings. The molecule has 0 radical (unpaired) electrons. The lowest BCUT2D eigenvalue weighted by Gasteiger charge is -2.26. The molecule has 0 aliphatic carbocycles. The molecule has 1 amide bonds. The SMILES string of the molecule is CCCC(O)(CCC)CN=C(NCC)NCCNC(=O)C(C)(C)C. The summed E-state index contributed by atoms with van der Waals surface area (Å²) in [5, 5.41) is 19.9. The van der Waals surface area contributed by atoms with Crippen molar-refractivity contribution in [2.24, 2.45) is 10.4 Å². The van der Waals surface area contributed by atoms with Crippen LogP contribution in [0.5, 0.6) is 0 Å². The van der Waals surface area contributed by atoms with Crippen molar-refractivity contribution >= 4 is 11.9 Å². The Morgan fingerprint density at radius 1 is 0.958 bits per heavy atom. The molecule has 0 bridgehead atoms. The van der Waals surface area contributed by atoms with Gasteiger partial charge in [-0.2, -0.15) is 0 Å². The van der Waals surface area contributed by atoms with Gasteiger partial charge in [0.15, 0.2) is 5.96 Å². The van der Waals surface area contributed by atoms with Crippen LogP contribution in [0.25, 0.3) is 0 Å². The zero-order valence-electron chi connectivity index (χ0n) is 16.5. The smallest absolute Gasteiger partial charge is 0.225 e. The average Bonchev–Trinajstić information content (AvgIpc) is 2.48. The molecule has 142 valence electrons. The van der Waals surface area contributed by atoms with Crippen LogP contribution < -0.4 is 16.0 Å². The van der Waals surface area contributed by atoms with Crippen molar-refractivity contribution in [3.63, 3.8) is 0 Å². The second-order valence-corrected chi connectivity index (χ2v) is 7.35. The lowest BCUT2D eigenvalue weighted by Crippen LogP contribution is -2.44. The number of nitrogens with zero attached hydrogens (tertiary/aromatic N) is 1. The molecule has 6 heteroatoms. The third-order valence-electron chi connectivity index (χ3n) is 3.69. The van der Waals surface area contributed by atoms with Gasteiger partial charge in [0, 0.05) is 25.0 Å². The molecule has 6 nitrogen and oxygen atoms in total. The van der Waals surface area contributed by atoms with Gasteiger partial charge >= 0.3 is 0 Å². The monoisotopic (exact) mass is 342 g/mol. The van der Waals surface area contributed by atoms with Crippen molar-refractivity contribution < 1.29 is 9.90 Å². The summed E-state index contributed by atoms with van der Waals surface area (Å²) < 4.78 is 0. The summed E-state index contributed by atoms with van der Waals surface area (Å²) in [5.41, 5.74) is -1.11. The Morgan fingerprint density at radius 3 is 1.96 bits per heavy atom. The molecule has 0 aromatic carbocycles. The van der Waals surface area contributed by atoms with E-state index in [0.29, 0.717) is 25.6 Å². The fourth-order valence-electron chi connectivity index (χ4n) is 2.40. The lowest BCUT2D eigenvalue weighted by atomic mass is 9.93. The first kappa shape index (κ1) is 22.7. The highest BCUT2D eigenvalue weighted by atomic mass is 16.3. The van der Waals surface area contributed by atoms with Crippen molar-refractivity contribution in [2.45, 2.75) is 72.8 Å². The van der Waals surface area contributed by atoms with Crippen molar-refractivity contribution in [3.05, 3.63) is 0 Å². The summed E-state index contributed by atoms with van der Waals surface area (Å²) in [6, 6.07) is 0. The number of carbonyl (C=O) groups excluding carboxylic acids is 1. The summed E-state index contributed by atoms with van der Waals surface area (Å²) in [6.45, 7) is 14.1. The number of carbonyl (C=O) groups is 1. The lowest BCUT2D eigenvalue weighted by molar-refractivity contribution is -0.128. The Labute approximate surface area is 147 Å². The van der Waals surface area contributed by atoms with E-state index in [-0.39, 0.29) is 11.3 Å². The first-order chi connectivity index (χ1) is 11.2. The Balaban J connectivity index is 4.49. The maximum absolute atomic E-state index is 11.8. The van der Waals surface area contributed by atoms with E-state index in [9.17, 15) is 9.90 Å². The zero-order valence-corrected chi connectivity index (χ0v) is 16.5. The molecule has 0 unspecified atom stereocenters. The Kier molecular flexibility index (Phi) is 10.7. The molecule has 0 rings (SSSR count). The van der Waals surface area contributed by atoms with Crippen molar-refractivity contribution in [1.82, 2.24) is 16.0 Å². The van der Waals surface area contributed by atoms with Crippen LogP contribution in [0.15, 0.2) is 4.99 Å². The minimum atomic E-state index is -0.730. The van der Waals surface area contributed by atoms with E-state index in [1.807, 2.05) is 27.7 Å². The summed E-state index contributed by atoms with van der Waals surface area (Å²) >= 11 is 0. The van der Waals surface area contributed by atoms with Gasteiger partial charge in [-0.05, 0) is 19.8 Å². The molecule has 4 N–H and O–H groups in total. The average molecular weight is 343 g/mol. The van der Waals surface area contributed by atoms with Crippen LogP contribution in [-0.4, -0.2) is 48.8 Å². The van der Waals surface area contributed by atoms with Crippen LogP contribution in [-0.2, 0) is 4.79 Å². The maximum atomic E-state index is 11.8. The molecule has 0 heterocycles. The van der Waals surface area contributed by atoms with Crippen LogP contribution in [0.1, 0.15) is 67.2 Å². The third kappa shape index (κ3) is 9.75. The molecular formula is C18H38N4O2. The van der Waals surface area contributed by atoms with E-state index in [1.54, 1.807) is 0 Å². The number of rotatable bonds is 10. The molecular weight excluding hydrogens is 304 g/mol.